The molecular formula is C44H29N3S. The van der Waals surface area contributed by atoms with Crippen molar-refractivity contribution in [3.05, 3.63) is 180 Å². The summed E-state index contributed by atoms with van der Waals surface area (Å²) >= 11 is 1.90. The number of aromatic nitrogens is 1. The summed E-state index contributed by atoms with van der Waals surface area (Å²) in [7, 11) is 0. The predicted octanol–water partition coefficient (Wildman–Crippen LogP) is 11.4. The fourth-order valence-electron chi connectivity index (χ4n) is 7.43. The number of nitrogens with zero attached hydrogens (tertiary/aromatic N) is 2. The van der Waals surface area contributed by atoms with E-state index >= 15 is 0 Å². The Bertz CT molecular complexity index is 2730. The van der Waals surface area contributed by atoms with Gasteiger partial charge in [0.15, 0.2) is 0 Å². The van der Waals surface area contributed by atoms with Gasteiger partial charge < -0.3 is 9.88 Å². The molecule has 0 spiro atoms. The van der Waals surface area contributed by atoms with Gasteiger partial charge in [-0.3, -0.25) is 4.99 Å². The predicted molar refractivity (Wildman–Crippen MR) is 204 cm³/mol. The molecule has 1 aliphatic heterocycles. The molecule has 7 aromatic carbocycles. The molecule has 0 amide bonds. The zero-order chi connectivity index (χ0) is 31.6. The minimum Gasteiger partial charge on any atom is -0.360 e. The van der Waals surface area contributed by atoms with Crippen LogP contribution in [-0.2, 0) is 0 Å². The molecule has 0 radical (unpaired) electrons. The average molecular weight is 632 g/mol. The number of thiophene rings is 1. The molecule has 226 valence electrons. The lowest BCUT2D eigenvalue weighted by atomic mass is 9.98. The van der Waals surface area contributed by atoms with E-state index < -0.39 is 0 Å². The number of rotatable bonds is 4. The maximum Gasteiger partial charge on any atom is 0.145 e. The average Bonchev–Trinajstić information content (AvgIpc) is 3.71. The summed E-state index contributed by atoms with van der Waals surface area (Å²) in [6.07, 6.45) is 2.00. The summed E-state index contributed by atoms with van der Waals surface area (Å²) in [5, 5.41) is 11.5. The van der Waals surface area contributed by atoms with Crippen LogP contribution in [-0.4, -0.2) is 10.3 Å². The van der Waals surface area contributed by atoms with Gasteiger partial charge in [0.05, 0.1) is 21.4 Å². The zero-order valence-electron chi connectivity index (χ0n) is 26.0. The molecule has 0 fully saturated rings. The summed E-state index contributed by atoms with van der Waals surface area (Å²) in [6, 6.07) is 56.5. The highest BCUT2D eigenvalue weighted by Gasteiger charge is 2.23. The Labute approximate surface area is 281 Å². The van der Waals surface area contributed by atoms with Crippen LogP contribution in [0, 0.1) is 0 Å². The molecule has 3 heterocycles. The van der Waals surface area contributed by atoms with Crippen molar-refractivity contribution in [3.8, 4) is 5.69 Å². The molecule has 10 rings (SSSR count). The van der Waals surface area contributed by atoms with E-state index in [-0.39, 0.29) is 6.17 Å². The monoisotopic (exact) mass is 631 g/mol. The second-order valence-corrected chi connectivity index (χ2v) is 13.4. The van der Waals surface area contributed by atoms with Gasteiger partial charge in [0.25, 0.3) is 0 Å². The molecule has 1 unspecified atom stereocenters. The van der Waals surface area contributed by atoms with E-state index in [1.54, 1.807) is 0 Å². The van der Waals surface area contributed by atoms with Gasteiger partial charge in [-0.15, -0.1) is 11.3 Å². The maximum absolute atomic E-state index is 5.13. The standard InChI is InChI=1S/C44H29N3S/c1-3-13-28(14-4-1)37-27-38(46-44(45-37)30-15-5-2-6-16-30)29-23-25-31(26-24-29)47-41-35-20-10-8-18-33(35)32-17-7-9-19-34(32)40(41)43-42(47)36-21-11-12-22-39(36)48-43/h1-27,44,46H. The number of nitrogens with one attached hydrogen (secondary N) is 1. The van der Waals surface area contributed by atoms with Gasteiger partial charge in [0, 0.05) is 32.2 Å². The van der Waals surface area contributed by atoms with Crippen molar-refractivity contribution in [1.82, 2.24) is 9.88 Å². The lowest BCUT2D eigenvalue weighted by molar-refractivity contribution is 0.664. The molecule has 1 atom stereocenters. The van der Waals surface area contributed by atoms with Gasteiger partial charge in [-0.25, -0.2) is 0 Å². The van der Waals surface area contributed by atoms with Gasteiger partial charge >= 0.3 is 0 Å². The van der Waals surface area contributed by atoms with Gasteiger partial charge in [-0.2, -0.15) is 0 Å². The van der Waals surface area contributed by atoms with Crippen LogP contribution < -0.4 is 5.32 Å². The van der Waals surface area contributed by atoms with E-state index in [1.165, 1.54) is 52.8 Å². The Hall–Kier alpha value is -5.97. The van der Waals surface area contributed by atoms with Gasteiger partial charge in [-0.05, 0) is 57.1 Å². The van der Waals surface area contributed by atoms with Crippen molar-refractivity contribution in [3.63, 3.8) is 0 Å². The second kappa shape index (κ2) is 10.8. The maximum atomic E-state index is 5.13. The molecule has 1 aliphatic rings. The first-order valence-corrected chi connectivity index (χ1v) is 17.2. The third-order valence-corrected chi connectivity index (χ3v) is 10.8. The number of aliphatic imine (C=N–C) groups is 1. The molecule has 3 nitrogen and oxygen atoms in total. The van der Waals surface area contributed by atoms with E-state index in [9.17, 15) is 0 Å². The van der Waals surface area contributed by atoms with Crippen LogP contribution in [0.4, 0.5) is 0 Å². The fraction of sp³-hybridized carbons (Fsp3) is 0.0227. The molecule has 0 aliphatic carbocycles. The molecule has 0 bridgehead atoms. The highest BCUT2D eigenvalue weighted by atomic mass is 32.1. The fourth-order valence-corrected chi connectivity index (χ4v) is 8.68. The summed E-state index contributed by atoms with van der Waals surface area (Å²) in [4.78, 5) is 5.13. The normalized spacial score (nSPS) is 14.9. The lowest BCUT2D eigenvalue weighted by Crippen LogP contribution is -2.24. The molecule has 4 heteroatoms. The van der Waals surface area contributed by atoms with E-state index in [0.29, 0.717) is 0 Å². The topological polar surface area (TPSA) is 29.3 Å². The second-order valence-electron chi connectivity index (χ2n) is 12.4. The molecule has 2 aromatic heterocycles. The third-order valence-electron chi connectivity index (χ3n) is 9.61. The van der Waals surface area contributed by atoms with Gasteiger partial charge in [-0.1, -0.05) is 140 Å². The first-order valence-electron chi connectivity index (χ1n) is 16.3. The smallest absolute Gasteiger partial charge is 0.145 e. The van der Waals surface area contributed by atoms with Crippen molar-refractivity contribution >= 4 is 75.5 Å². The SMILES string of the molecule is C1=C(c2ccc(-n3c4c5ccccc5sc4c4c5ccccc5c5ccccc5c43)cc2)NC(c2ccccc2)N=C1c1ccccc1. The lowest BCUT2D eigenvalue weighted by Gasteiger charge is -2.25. The van der Waals surface area contributed by atoms with Gasteiger partial charge in [0.2, 0.25) is 0 Å². The number of hydrogen-bond acceptors (Lipinski definition) is 3. The Morgan fingerprint density at radius 2 is 1.12 bits per heavy atom. The van der Waals surface area contributed by atoms with Crippen molar-refractivity contribution < 1.29 is 0 Å². The van der Waals surface area contributed by atoms with Crippen LogP contribution in [0.3, 0.4) is 0 Å². The summed E-state index contributed by atoms with van der Waals surface area (Å²) < 4.78 is 5.15. The Balaban J connectivity index is 1.19. The molecule has 0 saturated carbocycles. The molecule has 0 saturated heterocycles. The number of allylic oxidation sites excluding steroid dienone is 1. The van der Waals surface area contributed by atoms with E-state index in [0.717, 1.165) is 33.8 Å². The van der Waals surface area contributed by atoms with Crippen LogP contribution in [0.5, 0.6) is 0 Å². The van der Waals surface area contributed by atoms with Crippen LogP contribution >= 0.6 is 11.3 Å². The van der Waals surface area contributed by atoms with Crippen molar-refractivity contribution in [2.24, 2.45) is 4.99 Å². The van der Waals surface area contributed by atoms with Crippen LogP contribution in [0.1, 0.15) is 22.9 Å². The first kappa shape index (κ1) is 27.2. The summed E-state index contributed by atoms with van der Waals surface area (Å²) in [5.41, 5.74) is 9.10. The van der Waals surface area contributed by atoms with Crippen molar-refractivity contribution in [1.29, 1.82) is 0 Å². The number of hydrogen-bond donors (Lipinski definition) is 1. The summed E-state index contributed by atoms with van der Waals surface area (Å²) in [5.74, 6) is 0. The Morgan fingerprint density at radius 3 is 1.88 bits per heavy atom. The Morgan fingerprint density at radius 1 is 0.521 bits per heavy atom. The van der Waals surface area contributed by atoms with Crippen LogP contribution in [0.25, 0.3) is 64.1 Å². The Kier molecular flexibility index (Phi) is 6.11. The molecule has 1 N–H and O–H groups in total. The van der Waals surface area contributed by atoms with E-state index in [4.69, 9.17) is 4.99 Å². The highest BCUT2D eigenvalue weighted by molar-refractivity contribution is 7.26. The number of benzene rings is 7. The molecule has 48 heavy (non-hydrogen) atoms. The minimum atomic E-state index is -0.175. The third kappa shape index (κ3) is 4.16. The van der Waals surface area contributed by atoms with E-state index in [2.05, 4.69) is 162 Å². The molecule has 9 aromatic rings. The molecular weight excluding hydrogens is 603 g/mol. The van der Waals surface area contributed by atoms with Crippen LogP contribution in [0.2, 0.25) is 0 Å². The zero-order valence-corrected chi connectivity index (χ0v) is 26.8. The quantitative estimate of drug-likeness (QED) is 0.192. The van der Waals surface area contributed by atoms with Crippen molar-refractivity contribution in [2.75, 3.05) is 0 Å². The largest absolute Gasteiger partial charge is 0.360 e. The minimum absolute atomic E-state index is 0.175. The van der Waals surface area contributed by atoms with Gasteiger partial charge in [0.1, 0.15) is 6.17 Å². The van der Waals surface area contributed by atoms with Crippen LogP contribution in [0.15, 0.2) is 169 Å². The van der Waals surface area contributed by atoms with Crippen molar-refractivity contribution in [2.45, 2.75) is 6.17 Å². The van der Waals surface area contributed by atoms with E-state index in [1.807, 2.05) is 23.5 Å². The summed E-state index contributed by atoms with van der Waals surface area (Å²) in [6.45, 7) is 0. The number of fused-ring (bicyclic) bond motifs is 10. The first-order chi connectivity index (χ1) is 23.8. The highest BCUT2D eigenvalue weighted by Crippen LogP contribution is 2.47.